The van der Waals surface area contributed by atoms with E-state index in [0.717, 1.165) is 25.5 Å². The van der Waals surface area contributed by atoms with Gasteiger partial charge >= 0.3 is 0 Å². The lowest BCUT2D eigenvalue weighted by molar-refractivity contribution is -0.124. The van der Waals surface area contributed by atoms with Crippen LogP contribution in [-0.4, -0.2) is 44.1 Å². The van der Waals surface area contributed by atoms with Crippen LogP contribution in [0.2, 0.25) is 0 Å². The number of aldehydes is 1. The van der Waals surface area contributed by atoms with Crippen LogP contribution in [0.4, 0.5) is 0 Å². The Labute approximate surface area is 170 Å². The van der Waals surface area contributed by atoms with Crippen LogP contribution in [0.3, 0.4) is 0 Å². The van der Waals surface area contributed by atoms with Gasteiger partial charge in [0, 0.05) is 13.2 Å². The molecule has 1 aliphatic carbocycles. The topological polar surface area (TPSA) is 90.7 Å². The molecule has 0 saturated carbocycles. The molecule has 0 bridgehead atoms. The number of carbonyl (C=O) groups is 2. The van der Waals surface area contributed by atoms with Crippen LogP contribution in [0.5, 0.6) is 0 Å². The molecule has 0 spiro atoms. The summed E-state index contributed by atoms with van der Waals surface area (Å²) < 4.78 is 11.4. The van der Waals surface area contributed by atoms with E-state index in [0.29, 0.717) is 37.4 Å². The van der Waals surface area contributed by atoms with E-state index in [-0.39, 0.29) is 23.5 Å². The van der Waals surface area contributed by atoms with Crippen LogP contribution < -0.4 is 11.1 Å². The average Bonchev–Trinajstić information content (AvgIpc) is 2.67. The number of hydrogen-bond acceptors (Lipinski definition) is 5. The van der Waals surface area contributed by atoms with E-state index >= 15 is 0 Å². The van der Waals surface area contributed by atoms with E-state index in [1.807, 2.05) is 39.8 Å². The van der Waals surface area contributed by atoms with Crippen LogP contribution in [-0.2, 0) is 19.1 Å². The van der Waals surface area contributed by atoms with E-state index < -0.39 is 0 Å². The lowest BCUT2D eigenvalue weighted by atomic mass is 9.90. The average molecular weight is 397 g/mol. The second-order valence-corrected chi connectivity index (χ2v) is 8.04. The van der Waals surface area contributed by atoms with Crippen molar-refractivity contribution in [3.8, 4) is 0 Å². The maximum absolute atomic E-state index is 11.9. The number of rotatable bonds is 12. The lowest BCUT2D eigenvalue weighted by Crippen LogP contribution is -2.35. The Morgan fingerprint density at radius 1 is 1.18 bits per heavy atom. The summed E-state index contributed by atoms with van der Waals surface area (Å²) in [6, 6.07) is 0. The lowest BCUT2D eigenvalue weighted by Gasteiger charge is -2.29. The zero-order chi connectivity index (χ0) is 21.6. The summed E-state index contributed by atoms with van der Waals surface area (Å²) >= 11 is 0. The van der Waals surface area contributed by atoms with Gasteiger partial charge in [-0.15, -0.1) is 0 Å². The summed E-state index contributed by atoms with van der Waals surface area (Å²) in [7, 11) is 0. The SMILES string of the molecule is CC.CC(C)(CN)CCOC(C)(C)CCNC(=O)COC1=CCCC=C1C=O. The van der Waals surface area contributed by atoms with Crippen LogP contribution in [0.25, 0.3) is 0 Å². The molecule has 0 radical (unpaired) electrons. The summed E-state index contributed by atoms with van der Waals surface area (Å²) in [6.07, 6.45) is 7.67. The summed E-state index contributed by atoms with van der Waals surface area (Å²) in [6.45, 7) is 14.0. The molecule has 0 fully saturated rings. The van der Waals surface area contributed by atoms with Gasteiger partial charge in [-0.2, -0.15) is 0 Å². The Bertz CT molecular complexity index is 537. The fraction of sp³-hybridized carbons (Fsp3) is 0.727. The highest BCUT2D eigenvalue weighted by Crippen LogP contribution is 2.21. The number of nitrogens with one attached hydrogen (secondary N) is 1. The molecule has 0 heterocycles. The van der Waals surface area contributed by atoms with Crippen molar-refractivity contribution >= 4 is 12.2 Å². The zero-order valence-electron chi connectivity index (χ0n) is 18.6. The highest BCUT2D eigenvalue weighted by atomic mass is 16.5. The number of amides is 1. The molecule has 0 aromatic carbocycles. The van der Waals surface area contributed by atoms with Gasteiger partial charge in [-0.25, -0.2) is 0 Å². The minimum Gasteiger partial charge on any atom is -0.483 e. The Morgan fingerprint density at radius 3 is 2.43 bits per heavy atom. The summed E-state index contributed by atoms with van der Waals surface area (Å²) in [4.78, 5) is 22.9. The van der Waals surface area contributed by atoms with Crippen LogP contribution in [0, 0.1) is 5.41 Å². The van der Waals surface area contributed by atoms with Gasteiger partial charge in [-0.1, -0.05) is 33.8 Å². The van der Waals surface area contributed by atoms with Crippen molar-refractivity contribution in [3.63, 3.8) is 0 Å². The molecule has 6 nitrogen and oxygen atoms in total. The summed E-state index contributed by atoms with van der Waals surface area (Å²) in [5.74, 6) is 0.286. The predicted octanol–water partition coefficient (Wildman–Crippen LogP) is 3.51. The van der Waals surface area contributed by atoms with Crippen molar-refractivity contribution in [2.75, 3.05) is 26.3 Å². The van der Waals surface area contributed by atoms with Gasteiger partial charge in [0.05, 0.1) is 11.2 Å². The third kappa shape index (κ3) is 11.2. The number of nitrogens with two attached hydrogens (primary N) is 1. The molecule has 0 atom stereocenters. The van der Waals surface area contributed by atoms with Gasteiger partial charge in [-0.05, 0) is 57.6 Å². The Kier molecular flexibility index (Phi) is 12.7. The number of ether oxygens (including phenoxy) is 2. The summed E-state index contributed by atoms with van der Waals surface area (Å²) in [5.41, 5.74) is 5.99. The van der Waals surface area contributed by atoms with Gasteiger partial charge in [0.25, 0.3) is 5.91 Å². The Morgan fingerprint density at radius 2 is 1.82 bits per heavy atom. The molecule has 162 valence electrons. The minimum absolute atomic E-state index is 0.0737. The fourth-order valence-corrected chi connectivity index (χ4v) is 2.40. The van der Waals surface area contributed by atoms with Crippen LogP contribution >= 0.6 is 0 Å². The molecule has 1 rings (SSSR count). The number of hydrogen-bond donors (Lipinski definition) is 2. The minimum atomic E-state index is -0.321. The van der Waals surface area contributed by atoms with Gasteiger partial charge < -0.3 is 20.5 Å². The largest absolute Gasteiger partial charge is 0.483 e. The smallest absolute Gasteiger partial charge is 0.257 e. The highest BCUT2D eigenvalue weighted by Gasteiger charge is 2.21. The maximum Gasteiger partial charge on any atom is 0.257 e. The number of carbonyl (C=O) groups excluding carboxylic acids is 2. The second-order valence-electron chi connectivity index (χ2n) is 8.04. The standard InChI is InChI=1S/C20H34N2O4.C2H6/c1-19(2,15-21)10-12-26-20(3,4)9-11-22-18(24)14-25-17-8-6-5-7-16(17)13-23;1-2/h7-8,13H,5-6,9-12,14-15,21H2,1-4H3,(H,22,24);1-2H3. The van der Waals surface area contributed by atoms with Gasteiger partial charge in [0.15, 0.2) is 12.9 Å². The molecule has 0 unspecified atom stereocenters. The van der Waals surface area contributed by atoms with Crippen molar-refractivity contribution in [1.29, 1.82) is 0 Å². The third-order valence-corrected chi connectivity index (χ3v) is 4.50. The van der Waals surface area contributed by atoms with Crippen LogP contribution in [0.15, 0.2) is 23.5 Å². The van der Waals surface area contributed by atoms with Crippen molar-refractivity contribution in [3.05, 3.63) is 23.5 Å². The van der Waals surface area contributed by atoms with E-state index in [1.165, 1.54) is 0 Å². The molecular weight excluding hydrogens is 356 g/mol. The van der Waals surface area contributed by atoms with E-state index in [1.54, 1.807) is 0 Å². The first kappa shape index (κ1) is 26.3. The molecule has 6 heteroatoms. The van der Waals surface area contributed by atoms with Gasteiger partial charge in [-0.3, -0.25) is 9.59 Å². The first-order valence-electron chi connectivity index (χ1n) is 10.3. The van der Waals surface area contributed by atoms with E-state index in [9.17, 15) is 9.59 Å². The first-order valence-corrected chi connectivity index (χ1v) is 10.3. The quantitative estimate of drug-likeness (QED) is 0.493. The molecule has 0 saturated heterocycles. The van der Waals surface area contributed by atoms with E-state index in [4.69, 9.17) is 15.2 Å². The fourth-order valence-electron chi connectivity index (χ4n) is 2.40. The van der Waals surface area contributed by atoms with Crippen molar-refractivity contribution in [1.82, 2.24) is 5.32 Å². The predicted molar refractivity (Wildman–Crippen MR) is 114 cm³/mol. The van der Waals surface area contributed by atoms with Crippen LogP contribution in [0.1, 0.15) is 67.2 Å². The Balaban J connectivity index is 0.00000352. The van der Waals surface area contributed by atoms with Crippen molar-refractivity contribution in [2.45, 2.75) is 72.8 Å². The zero-order valence-corrected chi connectivity index (χ0v) is 18.6. The molecule has 0 aliphatic heterocycles. The van der Waals surface area contributed by atoms with Gasteiger partial charge in [0.1, 0.15) is 5.76 Å². The first-order chi connectivity index (χ1) is 13.2. The molecule has 0 aromatic heterocycles. The normalized spacial score (nSPS) is 14.2. The Hall–Kier alpha value is -1.66. The second kappa shape index (κ2) is 13.5. The third-order valence-electron chi connectivity index (χ3n) is 4.50. The van der Waals surface area contributed by atoms with Crippen molar-refractivity contribution < 1.29 is 19.1 Å². The monoisotopic (exact) mass is 396 g/mol. The van der Waals surface area contributed by atoms with Gasteiger partial charge in [0.2, 0.25) is 0 Å². The summed E-state index contributed by atoms with van der Waals surface area (Å²) in [5, 5.41) is 2.83. The molecule has 0 aromatic rings. The maximum atomic E-state index is 11.9. The highest BCUT2D eigenvalue weighted by molar-refractivity contribution is 5.80. The molecule has 1 aliphatic rings. The molecular formula is C22H40N2O4. The molecule has 1 amide bonds. The van der Waals surface area contributed by atoms with Crippen molar-refractivity contribution in [2.24, 2.45) is 11.1 Å². The van der Waals surface area contributed by atoms with E-state index in [2.05, 4.69) is 19.2 Å². The molecule has 28 heavy (non-hydrogen) atoms. The molecule has 3 N–H and O–H groups in total. The number of allylic oxidation sites excluding steroid dienone is 3.